The Hall–Kier alpha value is -3.65. The molecule has 0 saturated carbocycles. The minimum atomic E-state index is -3.23. The SMILES string of the molecule is COc1cc2nc(C)nc(N[C@H](C)c3cccc(-c4ccc(S(C)(=O)=O)cc4)c3)c2cc1OC. The first-order chi connectivity index (χ1) is 16.2. The van der Waals surface area contributed by atoms with Gasteiger partial charge in [-0.2, -0.15) is 0 Å². The molecule has 0 aliphatic carbocycles. The van der Waals surface area contributed by atoms with Crippen LogP contribution in [-0.4, -0.2) is 38.9 Å². The van der Waals surface area contributed by atoms with Crippen molar-refractivity contribution in [3.8, 4) is 22.6 Å². The predicted molar refractivity (Wildman–Crippen MR) is 134 cm³/mol. The average molecular weight is 478 g/mol. The number of aryl methyl sites for hydroxylation is 1. The van der Waals surface area contributed by atoms with Crippen LogP contribution in [0.1, 0.15) is 24.4 Å². The van der Waals surface area contributed by atoms with E-state index in [4.69, 9.17) is 9.47 Å². The molecule has 4 rings (SSSR count). The molecule has 0 spiro atoms. The van der Waals surface area contributed by atoms with Crippen LogP contribution in [0.4, 0.5) is 5.82 Å². The van der Waals surface area contributed by atoms with Crippen LogP contribution in [-0.2, 0) is 9.84 Å². The zero-order chi connectivity index (χ0) is 24.5. The molecule has 0 aliphatic rings. The van der Waals surface area contributed by atoms with Crippen molar-refractivity contribution in [2.75, 3.05) is 25.8 Å². The lowest BCUT2D eigenvalue weighted by molar-refractivity contribution is 0.356. The molecule has 0 aliphatic heterocycles. The van der Waals surface area contributed by atoms with Gasteiger partial charge < -0.3 is 14.8 Å². The summed E-state index contributed by atoms with van der Waals surface area (Å²) >= 11 is 0. The number of aromatic nitrogens is 2. The van der Waals surface area contributed by atoms with Crippen molar-refractivity contribution in [3.05, 3.63) is 72.1 Å². The molecule has 7 nitrogen and oxygen atoms in total. The quantitative estimate of drug-likeness (QED) is 0.391. The Balaban J connectivity index is 1.66. The molecule has 34 heavy (non-hydrogen) atoms. The Kier molecular flexibility index (Phi) is 6.43. The molecule has 1 heterocycles. The Morgan fingerprint density at radius 3 is 2.21 bits per heavy atom. The second kappa shape index (κ2) is 9.30. The molecule has 1 N–H and O–H groups in total. The van der Waals surface area contributed by atoms with Crippen molar-refractivity contribution in [1.82, 2.24) is 9.97 Å². The molecule has 1 atom stereocenters. The van der Waals surface area contributed by atoms with Crippen LogP contribution in [0.3, 0.4) is 0 Å². The summed E-state index contributed by atoms with van der Waals surface area (Å²) in [5, 5.41) is 4.35. The molecule has 0 amide bonds. The van der Waals surface area contributed by atoms with Crippen molar-refractivity contribution in [2.45, 2.75) is 24.8 Å². The van der Waals surface area contributed by atoms with E-state index in [1.165, 1.54) is 6.26 Å². The molecular weight excluding hydrogens is 450 g/mol. The number of benzene rings is 3. The van der Waals surface area contributed by atoms with Crippen molar-refractivity contribution < 1.29 is 17.9 Å². The van der Waals surface area contributed by atoms with Crippen molar-refractivity contribution >= 4 is 26.6 Å². The zero-order valence-electron chi connectivity index (χ0n) is 19.8. The van der Waals surface area contributed by atoms with Gasteiger partial charge in [-0.15, -0.1) is 0 Å². The predicted octanol–water partition coefficient (Wildman–Crippen LogP) is 5.20. The number of methoxy groups -OCH3 is 2. The number of hydrogen-bond acceptors (Lipinski definition) is 7. The summed E-state index contributed by atoms with van der Waals surface area (Å²) in [6, 6.07) is 18.7. The number of sulfone groups is 1. The highest BCUT2D eigenvalue weighted by Gasteiger charge is 2.15. The largest absolute Gasteiger partial charge is 0.493 e. The van der Waals surface area contributed by atoms with E-state index in [2.05, 4.69) is 28.3 Å². The summed E-state index contributed by atoms with van der Waals surface area (Å²) in [5.41, 5.74) is 3.78. The molecule has 0 bridgehead atoms. The number of nitrogens with one attached hydrogen (secondary N) is 1. The van der Waals surface area contributed by atoms with E-state index in [1.807, 2.05) is 49.4 Å². The maximum atomic E-state index is 11.8. The molecule has 3 aromatic carbocycles. The summed E-state index contributed by atoms with van der Waals surface area (Å²) in [4.78, 5) is 9.49. The lowest BCUT2D eigenvalue weighted by Crippen LogP contribution is -2.10. The zero-order valence-corrected chi connectivity index (χ0v) is 20.6. The molecule has 1 aromatic heterocycles. The van der Waals surface area contributed by atoms with Crippen LogP contribution in [0.5, 0.6) is 11.5 Å². The third-order valence-electron chi connectivity index (χ3n) is 5.67. The summed E-state index contributed by atoms with van der Waals surface area (Å²) in [6.07, 6.45) is 1.21. The second-order valence-corrected chi connectivity index (χ2v) is 10.1. The first-order valence-electron chi connectivity index (χ1n) is 10.8. The highest BCUT2D eigenvalue weighted by Crippen LogP contribution is 2.35. The van der Waals surface area contributed by atoms with Gasteiger partial charge in [-0.1, -0.05) is 30.3 Å². The van der Waals surface area contributed by atoms with E-state index in [0.717, 1.165) is 27.6 Å². The van der Waals surface area contributed by atoms with Gasteiger partial charge in [0, 0.05) is 23.8 Å². The highest BCUT2D eigenvalue weighted by atomic mass is 32.2. The molecular formula is C26H27N3O4S. The van der Waals surface area contributed by atoms with E-state index in [-0.39, 0.29) is 6.04 Å². The van der Waals surface area contributed by atoms with E-state index >= 15 is 0 Å². The monoisotopic (exact) mass is 477 g/mol. The maximum Gasteiger partial charge on any atom is 0.175 e. The van der Waals surface area contributed by atoms with Gasteiger partial charge in [0.2, 0.25) is 0 Å². The number of nitrogens with zero attached hydrogens (tertiary/aromatic N) is 2. The number of fused-ring (bicyclic) bond motifs is 1. The molecule has 0 fully saturated rings. The van der Waals surface area contributed by atoms with Crippen molar-refractivity contribution in [2.24, 2.45) is 0 Å². The minimum Gasteiger partial charge on any atom is -0.493 e. The van der Waals surface area contributed by atoms with Gasteiger partial charge in [0.25, 0.3) is 0 Å². The van der Waals surface area contributed by atoms with Gasteiger partial charge in [0.15, 0.2) is 21.3 Å². The third kappa shape index (κ3) is 4.82. The molecule has 8 heteroatoms. The maximum absolute atomic E-state index is 11.8. The fourth-order valence-corrected chi connectivity index (χ4v) is 4.48. The third-order valence-corrected chi connectivity index (χ3v) is 6.80. The first kappa shape index (κ1) is 23.5. The fraction of sp³-hybridized carbons (Fsp3) is 0.231. The van der Waals surface area contributed by atoms with Crippen LogP contribution in [0.2, 0.25) is 0 Å². The van der Waals surface area contributed by atoms with E-state index in [0.29, 0.717) is 28.0 Å². The van der Waals surface area contributed by atoms with Gasteiger partial charge in [-0.25, -0.2) is 18.4 Å². The van der Waals surface area contributed by atoms with Crippen LogP contribution >= 0.6 is 0 Å². The lowest BCUT2D eigenvalue weighted by atomic mass is 10.00. The summed E-state index contributed by atoms with van der Waals surface area (Å²) in [5.74, 6) is 2.58. The smallest absolute Gasteiger partial charge is 0.175 e. The van der Waals surface area contributed by atoms with Gasteiger partial charge in [0.05, 0.1) is 24.6 Å². The van der Waals surface area contributed by atoms with Gasteiger partial charge in [0.1, 0.15) is 11.6 Å². The fourth-order valence-electron chi connectivity index (χ4n) is 3.85. The lowest BCUT2D eigenvalue weighted by Gasteiger charge is -2.18. The summed E-state index contributed by atoms with van der Waals surface area (Å²) < 4.78 is 34.4. The second-order valence-electron chi connectivity index (χ2n) is 8.13. The Morgan fingerprint density at radius 1 is 0.882 bits per heavy atom. The van der Waals surface area contributed by atoms with Gasteiger partial charge in [-0.3, -0.25) is 0 Å². The van der Waals surface area contributed by atoms with Crippen LogP contribution in [0.25, 0.3) is 22.0 Å². The van der Waals surface area contributed by atoms with Crippen molar-refractivity contribution in [1.29, 1.82) is 0 Å². The standard InChI is InChI=1S/C26H27N3O4S/c1-16(19-7-6-8-20(13-19)18-9-11-21(12-10-18)34(5,30)31)27-26-22-14-24(32-3)25(33-4)15-23(22)28-17(2)29-26/h6-16H,1-5H3,(H,27,28,29)/t16-/m1/s1. The Labute approximate surface area is 199 Å². The Bertz CT molecular complexity index is 1450. The molecule has 176 valence electrons. The number of hydrogen-bond donors (Lipinski definition) is 1. The molecule has 0 radical (unpaired) electrons. The van der Waals surface area contributed by atoms with Gasteiger partial charge >= 0.3 is 0 Å². The van der Waals surface area contributed by atoms with E-state index < -0.39 is 9.84 Å². The van der Waals surface area contributed by atoms with E-state index in [1.54, 1.807) is 26.4 Å². The summed E-state index contributed by atoms with van der Waals surface area (Å²) in [7, 11) is -0.0304. The summed E-state index contributed by atoms with van der Waals surface area (Å²) in [6.45, 7) is 3.92. The van der Waals surface area contributed by atoms with Crippen LogP contribution in [0.15, 0.2) is 65.6 Å². The van der Waals surface area contributed by atoms with E-state index in [9.17, 15) is 8.42 Å². The normalized spacial score (nSPS) is 12.4. The van der Waals surface area contributed by atoms with Gasteiger partial charge in [-0.05, 0) is 54.8 Å². The average Bonchev–Trinajstić information content (AvgIpc) is 2.82. The molecule has 0 unspecified atom stereocenters. The molecule has 4 aromatic rings. The first-order valence-corrected chi connectivity index (χ1v) is 12.7. The Morgan fingerprint density at radius 2 is 1.56 bits per heavy atom. The number of rotatable bonds is 7. The number of anilines is 1. The minimum absolute atomic E-state index is 0.0548. The van der Waals surface area contributed by atoms with Crippen LogP contribution < -0.4 is 14.8 Å². The highest BCUT2D eigenvalue weighted by molar-refractivity contribution is 7.90. The topological polar surface area (TPSA) is 90.4 Å². The van der Waals surface area contributed by atoms with Crippen molar-refractivity contribution in [3.63, 3.8) is 0 Å². The molecule has 0 saturated heterocycles. The van der Waals surface area contributed by atoms with Crippen LogP contribution in [0, 0.1) is 6.92 Å². The number of ether oxygens (including phenoxy) is 2.